The van der Waals surface area contributed by atoms with E-state index in [1.165, 1.54) is 4.90 Å². The molecule has 3 rings (SSSR count). The Labute approximate surface area is 217 Å². The summed E-state index contributed by atoms with van der Waals surface area (Å²) in [6, 6.07) is 9.50. The number of carbonyl (C=O) groups excluding carboxylic acids is 1. The molecule has 0 aromatic heterocycles. The van der Waals surface area contributed by atoms with Gasteiger partial charge in [0.1, 0.15) is 0 Å². The molecular weight excluding hydrogens is 536 g/mol. The Morgan fingerprint density at radius 2 is 1.50 bits per heavy atom. The highest BCUT2D eigenvalue weighted by Crippen LogP contribution is 2.39. The minimum absolute atomic E-state index is 0.0309. The van der Waals surface area contributed by atoms with Crippen molar-refractivity contribution in [1.29, 1.82) is 0 Å². The van der Waals surface area contributed by atoms with Crippen LogP contribution >= 0.6 is 0 Å². The topological polar surface area (TPSA) is 63.7 Å². The molecule has 38 heavy (non-hydrogen) atoms. The zero-order chi connectivity index (χ0) is 28.2. The van der Waals surface area contributed by atoms with Crippen molar-refractivity contribution < 1.29 is 44.3 Å². The van der Waals surface area contributed by atoms with Gasteiger partial charge in [-0.25, -0.2) is 13.2 Å². The third-order valence-electron chi connectivity index (χ3n) is 6.62. The first-order valence-electron chi connectivity index (χ1n) is 12.1. The monoisotopic (exact) mass is 565 g/mol. The zero-order valence-corrected chi connectivity index (χ0v) is 21.6. The number of amides is 1. The number of benzene rings is 2. The molecule has 0 N–H and O–H groups in total. The van der Waals surface area contributed by atoms with Crippen LogP contribution in [0.5, 0.6) is 0 Å². The summed E-state index contributed by atoms with van der Waals surface area (Å²) < 4.78 is 111. The lowest BCUT2D eigenvalue weighted by molar-refractivity contribution is -0.143. The molecule has 0 atom stereocenters. The molecule has 210 valence electrons. The second-order valence-corrected chi connectivity index (χ2v) is 11.6. The van der Waals surface area contributed by atoms with E-state index in [1.54, 1.807) is 30.3 Å². The Morgan fingerprint density at radius 1 is 0.947 bits per heavy atom. The maximum Gasteiger partial charge on any atom is 0.416 e. The molecule has 1 fully saturated rings. The Bertz CT molecular complexity index is 1170. The van der Waals surface area contributed by atoms with E-state index in [-0.39, 0.29) is 38.6 Å². The normalized spacial score (nSPS) is 16.3. The van der Waals surface area contributed by atoms with Gasteiger partial charge in [-0.15, -0.1) is 0 Å². The molecule has 1 aliphatic rings. The number of likely N-dealkylation sites (tertiary alicyclic amines) is 1. The summed E-state index contributed by atoms with van der Waals surface area (Å²) in [5, 5.41) is 0. The second-order valence-electron chi connectivity index (χ2n) is 9.55. The van der Waals surface area contributed by atoms with Crippen LogP contribution in [0.4, 0.5) is 31.1 Å². The lowest BCUT2D eigenvalue weighted by Crippen LogP contribution is -2.48. The minimum Gasteiger partial charge on any atom is -0.449 e. The van der Waals surface area contributed by atoms with E-state index in [9.17, 15) is 39.6 Å². The van der Waals surface area contributed by atoms with E-state index in [1.807, 2.05) is 6.92 Å². The van der Waals surface area contributed by atoms with Gasteiger partial charge >= 0.3 is 18.4 Å². The SMILES string of the molecule is CCCCOC(=O)N1CCC(CS(=O)(=O)Cc2cc(C(F)(F)F)cc(C(F)(F)F)c2)(c2ccccc2)CC1. The number of hydrogen-bond acceptors (Lipinski definition) is 4. The molecule has 0 spiro atoms. The third-order valence-corrected chi connectivity index (χ3v) is 8.38. The van der Waals surface area contributed by atoms with Gasteiger partial charge in [0.2, 0.25) is 0 Å². The van der Waals surface area contributed by atoms with Crippen molar-refractivity contribution in [2.24, 2.45) is 0 Å². The summed E-state index contributed by atoms with van der Waals surface area (Å²) in [6.07, 6.45) is -8.65. The molecule has 0 unspecified atom stereocenters. The number of unbranched alkanes of at least 4 members (excludes halogenated alkanes) is 1. The van der Waals surface area contributed by atoms with Crippen molar-refractivity contribution in [3.8, 4) is 0 Å². The lowest BCUT2D eigenvalue weighted by atomic mass is 9.74. The first kappa shape index (κ1) is 29.8. The van der Waals surface area contributed by atoms with Crippen LogP contribution in [-0.2, 0) is 38.1 Å². The van der Waals surface area contributed by atoms with Crippen molar-refractivity contribution in [2.75, 3.05) is 25.4 Å². The zero-order valence-electron chi connectivity index (χ0n) is 20.7. The number of alkyl halides is 6. The number of ether oxygens (including phenoxy) is 1. The van der Waals surface area contributed by atoms with Crippen LogP contribution in [0.1, 0.15) is 54.9 Å². The molecule has 12 heteroatoms. The van der Waals surface area contributed by atoms with Crippen LogP contribution in [0, 0.1) is 0 Å². The molecule has 0 aliphatic carbocycles. The lowest BCUT2D eigenvalue weighted by Gasteiger charge is -2.41. The number of nitrogens with zero attached hydrogens (tertiary/aromatic N) is 1. The molecule has 2 aromatic rings. The predicted molar refractivity (Wildman–Crippen MR) is 129 cm³/mol. The summed E-state index contributed by atoms with van der Waals surface area (Å²) in [6.45, 7) is 2.60. The van der Waals surface area contributed by atoms with Crippen molar-refractivity contribution in [2.45, 2.75) is 56.1 Å². The van der Waals surface area contributed by atoms with Crippen LogP contribution in [0.2, 0.25) is 0 Å². The Morgan fingerprint density at radius 3 is 2.00 bits per heavy atom. The van der Waals surface area contributed by atoms with Gasteiger partial charge in [0, 0.05) is 18.5 Å². The standard InChI is InChI=1S/C26H29F6NO4S/c1-2-3-13-37-23(34)33-11-9-24(10-12-33,20-7-5-4-6-8-20)18-38(35,36)17-19-14-21(25(27,28)29)16-22(15-19)26(30,31)32/h4-8,14-16H,2-3,9-13,17-18H2,1H3. The highest BCUT2D eigenvalue weighted by atomic mass is 32.2. The third kappa shape index (κ3) is 7.64. The van der Waals surface area contributed by atoms with E-state index in [2.05, 4.69) is 0 Å². The van der Waals surface area contributed by atoms with Gasteiger partial charge in [-0.2, -0.15) is 26.3 Å². The second kappa shape index (κ2) is 11.5. The van der Waals surface area contributed by atoms with Crippen molar-refractivity contribution >= 4 is 15.9 Å². The molecular formula is C26H29F6NO4S. The average Bonchev–Trinajstić information content (AvgIpc) is 2.83. The molecule has 1 amide bonds. The minimum atomic E-state index is -5.08. The Balaban J connectivity index is 1.87. The fourth-order valence-electron chi connectivity index (χ4n) is 4.65. The summed E-state index contributed by atoms with van der Waals surface area (Å²) in [5.41, 5.74) is -4.03. The first-order valence-corrected chi connectivity index (χ1v) is 13.9. The number of sulfone groups is 1. The van der Waals surface area contributed by atoms with E-state index in [0.29, 0.717) is 24.1 Å². The summed E-state index contributed by atoms with van der Waals surface area (Å²) >= 11 is 0. The highest BCUT2D eigenvalue weighted by Gasteiger charge is 2.42. The molecule has 5 nitrogen and oxygen atoms in total. The molecule has 2 aromatic carbocycles. The van der Waals surface area contributed by atoms with Crippen LogP contribution in [0.25, 0.3) is 0 Å². The Kier molecular flexibility index (Phi) is 9.05. The van der Waals surface area contributed by atoms with Crippen LogP contribution in [0.15, 0.2) is 48.5 Å². The number of rotatable bonds is 8. The summed E-state index contributed by atoms with van der Waals surface area (Å²) in [7, 11) is -4.19. The van der Waals surface area contributed by atoms with Gasteiger partial charge in [-0.05, 0) is 48.6 Å². The van der Waals surface area contributed by atoms with Gasteiger partial charge in [0.15, 0.2) is 9.84 Å². The van der Waals surface area contributed by atoms with Gasteiger partial charge < -0.3 is 9.64 Å². The Hall–Kier alpha value is -2.76. The summed E-state index contributed by atoms with van der Waals surface area (Å²) in [4.78, 5) is 13.9. The molecule has 1 aliphatic heterocycles. The number of carbonyl (C=O) groups is 1. The average molecular weight is 566 g/mol. The smallest absolute Gasteiger partial charge is 0.416 e. The van der Waals surface area contributed by atoms with E-state index < -0.39 is 61.9 Å². The largest absolute Gasteiger partial charge is 0.449 e. The first-order chi connectivity index (χ1) is 17.7. The predicted octanol–water partition coefficient (Wildman–Crippen LogP) is 6.61. The molecule has 1 saturated heterocycles. The summed E-state index contributed by atoms with van der Waals surface area (Å²) in [5.74, 6) is -1.49. The van der Waals surface area contributed by atoms with E-state index in [4.69, 9.17) is 4.74 Å². The maximum atomic E-state index is 13.3. The molecule has 0 saturated carbocycles. The van der Waals surface area contributed by atoms with Gasteiger partial charge in [0.25, 0.3) is 0 Å². The van der Waals surface area contributed by atoms with Crippen molar-refractivity contribution in [3.63, 3.8) is 0 Å². The van der Waals surface area contributed by atoms with Crippen molar-refractivity contribution in [3.05, 3.63) is 70.8 Å². The van der Waals surface area contributed by atoms with Crippen LogP contribution < -0.4 is 0 Å². The number of halogens is 6. The van der Waals surface area contributed by atoms with Gasteiger partial charge in [-0.1, -0.05) is 43.7 Å². The van der Waals surface area contributed by atoms with Crippen LogP contribution in [-0.4, -0.2) is 44.9 Å². The highest BCUT2D eigenvalue weighted by molar-refractivity contribution is 7.90. The van der Waals surface area contributed by atoms with Crippen molar-refractivity contribution in [1.82, 2.24) is 4.90 Å². The number of hydrogen-bond donors (Lipinski definition) is 0. The van der Waals surface area contributed by atoms with Gasteiger partial charge in [0.05, 0.1) is 29.2 Å². The number of piperidine rings is 1. The fourth-order valence-corrected chi connectivity index (χ4v) is 6.72. The van der Waals surface area contributed by atoms with E-state index in [0.717, 1.165) is 6.42 Å². The molecule has 0 radical (unpaired) electrons. The van der Waals surface area contributed by atoms with Crippen LogP contribution in [0.3, 0.4) is 0 Å². The van der Waals surface area contributed by atoms with Gasteiger partial charge in [-0.3, -0.25) is 0 Å². The molecule has 1 heterocycles. The fraction of sp³-hybridized carbons (Fsp3) is 0.500. The quantitative estimate of drug-likeness (QED) is 0.267. The van der Waals surface area contributed by atoms with E-state index >= 15 is 0 Å². The molecule has 0 bridgehead atoms. The maximum absolute atomic E-state index is 13.3.